The molecule has 0 fully saturated rings. The molecule has 0 aromatic heterocycles. The molecular formula is C13H20N2. The predicted octanol–water partition coefficient (Wildman–Crippen LogP) is 1.78. The number of fused-ring (bicyclic) bond motifs is 1. The van der Waals surface area contributed by atoms with E-state index >= 15 is 0 Å². The van der Waals surface area contributed by atoms with Crippen LogP contribution in [0.1, 0.15) is 23.6 Å². The van der Waals surface area contributed by atoms with Crippen molar-refractivity contribution in [2.45, 2.75) is 26.4 Å². The molecule has 1 aliphatic rings. The molecule has 82 valence electrons. The molecule has 0 saturated carbocycles. The highest BCUT2D eigenvalue weighted by Gasteiger charge is 2.09. The van der Waals surface area contributed by atoms with Gasteiger partial charge < -0.3 is 10.2 Å². The molecule has 0 bridgehead atoms. The first kappa shape index (κ1) is 10.7. The maximum absolute atomic E-state index is 3.42. The summed E-state index contributed by atoms with van der Waals surface area (Å²) in [7, 11) is 2.16. The number of hydrogen-bond donors (Lipinski definition) is 1. The third kappa shape index (κ3) is 2.58. The van der Waals surface area contributed by atoms with Crippen LogP contribution >= 0.6 is 0 Å². The van der Waals surface area contributed by atoms with Gasteiger partial charge >= 0.3 is 0 Å². The van der Waals surface area contributed by atoms with E-state index in [9.17, 15) is 0 Å². The van der Waals surface area contributed by atoms with Crippen molar-refractivity contribution in [3.05, 3.63) is 34.9 Å². The van der Waals surface area contributed by atoms with Gasteiger partial charge in [0.15, 0.2) is 0 Å². The van der Waals surface area contributed by atoms with Crippen LogP contribution in [0.3, 0.4) is 0 Å². The van der Waals surface area contributed by atoms with Gasteiger partial charge in [0.2, 0.25) is 0 Å². The fourth-order valence-corrected chi connectivity index (χ4v) is 2.06. The second kappa shape index (κ2) is 4.77. The molecule has 0 spiro atoms. The van der Waals surface area contributed by atoms with Crippen LogP contribution in [0, 0.1) is 0 Å². The summed E-state index contributed by atoms with van der Waals surface area (Å²) in [5.41, 5.74) is 4.45. The molecule has 15 heavy (non-hydrogen) atoms. The lowest BCUT2D eigenvalue weighted by Gasteiger charge is -2.19. The SMILES string of the molecule is CCN(C)Cc1ccc2c(c1)CNCC2. The Morgan fingerprint density at radius 3 is 3.00 bits per heavy atom. The van der Waals surface area contributed by atoms with Gasteiger partial charge in [0.25, 0.3) is 0 Å². The summed E-state index contributed by atoms with van der Waals surface area (Å²) >= 11 is 0. The Morgan fingerprint density at radius 1 is 1.33 bits per heavy atom. The standard InChI is InChI=1S/C13H20N2/c1-3-15(2)10-11-4-5-12-6-7-14-9-13(12)8-11/h4-5,8,14H,3,6-7,9-10H2,1-2H3. The molecule has 1 aliphatic heterocycles. The zero-order valence-corrected chi connectivity index (χ0v) is 9.71. The van der Waals surface area contributed by atoms with Gasteiger partial charge in [-0.25, -0.2) is 0 Å². The summed E-state index contributed by atoms with van der Waals surface area (Å²) in [6.07, 6.45) is 1.18. The monoisotopic (exact) mass is 204 g/mol. The van der Waals surface area contributed by atoms with Crippen LogP contribution in [0.25, 0.3) is 0 Å². The Kier molecular flexibility index (Phi) is 3.39. The average molecular weight is 204 g/mol. The Balaban J connectivity index is 2.13. The lowest BCUT2D eigenvalue weighted by Crippen LogP contribution is -2.24. The maximum Gasteiger partial charge on any atom is 0.0230 e. The molecule has 0 atom stereocenters. The fraction of sp³-hybridized carbons (Fsp3) is 0.538. The number of rotatable bonds is 3. The number of nitrogens with zero attached hydrogens (tertiary/aromatic N) is 1. The van der Waals surface area contributed by atoms with E-state index in [0.717, 1.165) is 26.2 Å². The Bertz CT molecular complexity index is 333. The van der Waals surface area contributed by atoms with Crippen molar-refractivity contribution < 1.29 is 0 Å². The van der Waals surface area contributed by atoms with E-state index in [1.807, 2.05) is 0 Å². The van der Waals surface area contributed by atoms with Crippen LogP contribution in [0.4, 0.5) is 0 Å². The van der Waals surface area contributed by atoms with Crippen molar-refractivity contribution in [3.63, 3.8) is 0 Å². The van der Waals surface area contributed by atoms with Crippen molar-refractivity contribution >= 4 is 0 Å². The first-order valence-electron chi connectivity index (χ1n) is 5.79. The molecule has 1 N–H and O–H groups in total. The van der Waals surface area contributed by atoms with Crippen LogP contribution < -0.4 is 5.32 Å². The first-order valence-corrected chi connectivity index (χ1v) is 5.79. The minimum absolute atomic E-state index is 1.04. The van der Waals surface area contributed by atoms with Crippen molar-refractivity contribution in [1.29, 1.82) is 0 Å². The van der Waals surface area contributed by atoms with E-state index in [0.29, 0.717) is 0 Å². The zero-order chi connectivity index (χ0) is 10.7. The summed E-state index contributed by atoms with van der Waals surface area (Å²) in [5, 5.41) is 3.42. The molecular weight excluding hydrogens is 184 g/mol. The highest BCUT2D eigenvalue weighted by molar-refractivity contribution is 5.33. The second-order valence-corrected chi connectivity index (χ2v) is 4.36. The molecule has 0 saturated heterocycles. The van der Waals surface area contributed by atoms with Gasteiger partial charge in [0.1, 0.15) is 0 Å². The van der Waals surface area contributed by atoms with Crippen LogP contribution in [0.15, 0.2) is 18.2 Å². The smallest absolute Gasteiger partial charge is 0.0230 e. The van der Waals surface area contributed by atoms with E-state index in [4.69, 9.17) is 0 Å². The number of benzene rings is 1. The van der Waals surface area contributed by atoms with Crippen LogP contribution in [-0.2, 0) is 19.5 Å². The van der Waals surface area contributed by atoms with E-state index in [1.54, 1.807) is 0 Å². The van der Waals surface area contributed by atoms with Gasteiger partial charge in [0.05, 0.1) is 0 Å². The molecule has 2 rings (SSSR count). The lowest BCUT2D eigenvalue weighted by molar-refractivity contribution is 0.345. The number of nitrogens with one attached hydrogen (secondary N) is 1. The van der Waals surface area contributed by atoms with Crippen molar-refractivity contribution in [3.8, 4) is 0 Å². The molecule has 1 heterocycles. The van der Waals surface area contributed by atoms with E-state index < -0.39 is 0 Å². The minimum atomic E-state index is 1.04. The van der Waals surface area contributed by atoms with Gasteiger partial charge in [-0.05, 0) is 43.2 Å². The highest BCUT2D eigenvalue weighted by Crippen LogP contribution is 2.16. The summed E-state index contributed by atoms with van der Waals surface area (Å²) in [6.45, 7) is 6.53. The third-order valence-electron chi connectivity index (χ3n) is 3.15. The highest BCUT2D eigenvalue weighted by atomic mass is 15.1. The Morgan fingerprint density at radius 2 is 2.20 bits per heavy atom. The van der Waals surface area contributed by atoms with Crippen LogP contribution in [-0.4, -0.2) is 25.0 Å². The van der Waals surface area contributed by atoms with E-state index in [2.05, 4.69) is 42.4 Å². The van der Waals surface area contributed by atoms with Crippen molar-refractivity contribution in [1.82, 2.24) is 10.2 Å². The van der Waals surface area contributed by atoms with E-state index in [1.165, 1.54) is 23.1 Å². The molecule has 0 unspecified atom stereocenters. The summed E-state index contributed by atoms with van der Waals surface area (Å²) in [6, 6.07) is 6.93. The Hall–Kier alpha value is -0.860. The largest absolute Gasteiger partial charge is 0.312 e. The minimum Gasteiger partial charge on any atom is -0.312 e. The normalized spacial score (nSPS) is 15.4. The molecule has 0 aliphatic carbocycles. The van der Waals surface area contributed by atoms with Gasteiger partial charge in [-0.3, -0.25) is 0 Å². The number of hydrogen-bond acceptors (Lipinski definition) is 2. The lowest BCUT2D eigenvalue weighted by atomic mass is 9.98. The van der Waals surface area contributed by atoms with Gasteiger partial charge in [-0.2, -0.15) is 0 Å². The third-order valence-corrected chi connectivity index (χ3v) is 3.15. The summed E-state index contributed by atoms with van der Waals surface area (Å²) in [5.74, 6) is 0. The zero-order valence-electron chi connectivity index (χ0n) is 9.71. The van der Waals surface area contributed by atoms with Crippen LogP contribution in [0.2, 0.25) is 0 Å². The molecule has 2 heteroatoms. The molecule has 1 aromatic rings. The topological polar surface area (TPSA) is 15.3 Å². The first-order chi connectivity index (χ1) is 7.29. The summed E-state index contributed by atoms with van der Waals surface area (Å²) < 4.78 is 0. The predicted molar refractivity (Wildman–Crippen MR) is 63.9 cm³/mol. The fourth-order valence-electron chi connectivity index (χ4n) is 2.06. The van der Waals surface area contributed by atoms with Crippen LogP contribution in [0.5, 0.6) is 0 Å². The van der Waals surface area contributed by atoms with Gasteiger partial charge in [-0.1, -0.05) is 25.1 Å². The van der Waals surface area contributed by atoms with Gasteiger partial charge in [-0.15, -0.1) is 0 Å². The molecule has 0 radical (unpaired) electrons. The second-order valence-electron chi connectivity index (χ2n) is 4.36. The van der Waals surface area contributed by atoms with Crippen molar-refractivity contribution in [2.24, 2.45) is 0 Å². The maximum atomic E-state index is 3.42. The van der Waals surface area contributed by atoms with E-state index in [-0.39, 0.29) is 0 Å². The molecule has 1 aromatic carbocycles. The molecule has 2 nitrogen and oxygen atoms in total. The average Bonchev–Trinajstić information content (AvgIpc) is 2.29. The summed E-state index contributed by atoms with van der Waals surface area (Å²) in [4.78, 5) is 2.33. The molecule has 0 amide bonds. The Labute approximate surface area is 92.3 Å². The van der Waals surface area contributed by atoms with Crippen molar-refractivity contribution in [2.75, 3.05) is 20.1 Å². The quantitative estimate of drug-likeness (QED) is 0.807. The van der Waals surface area contributed by atoms with Gasteiger partial charge in [0, 0.05) is 13.1 Å².